The molecule has 0 bridgehead atoms. The molecule has 0 N–H and O–H groups in total. The lowest BCUT2D eigenvalue weighted by Gasteiger charge is -2.41. The molecule has 2 rings (SSSR count). The first-order chi connectivity index (χ1) is 8.73. The summed E-state index contributed by atoms with van der Waals surface area (Å²) in [4.78, 5) is 10.7. The Bertz CT molecular complexity index is 418. The average molecular weight is 244 g/mol. The van der Waals surface area contributed by atoms with Crippen molar-refractivity contribution in [2.24, 2.45) is 5.41 Å². The van der Waals surface area contributed by atoms with E-state index in [0.717, 1.165) is 18.9 Å². The van der Waals surface area contributed by atoms with Crippen molar-refractivity contribution < 1.29 is 0 Å². The van der Waals surface area contributed by atoms with Crippen molar-refractivity contribution in [3.05, 3.63) is 18.1 Å². The van der Waals surface area contributed by atoms with Crippen LogP contribution in [0.3, 0.4) is 0 Å². The first-order valence-corrected chi connectivity index (χ1v) is 6.70. The van der Waals surface area contributed by atoms with Gasteiger partial charge in [0.05, 0.1) is 12.4 Å². The number of nitrogens with zero attached hydrogens (tertiary/aromatic N) is 4. The summed E-state index contributed by atoms with van der Waals surface area (Å²) in [5.41, 5.74) is 0.906. The molecule has 0 unspecified atom stereocenters. The Labute approximate surface area is 109 Å². The SMILES string of the molecule is CCC1(CC)CCN(c2cnc(C#N)cn2)CC1. The molecule has 0 amide bonds. The Morgan fingerprint density at radius 3 is 2.33 bits per heavy atom. The summed E-state index contributed by atoms with van der Waals surface area (Å²) in [6.45, 7) is 6.67. The van der Waals surface area contributed by atoms with Gasteiger partial charge >= 0.3 is 0 Å². The van der Waals surface area contributed by atoms with E-state index in [1.165, 1.54) is 25.7 Å². The van der Waals surface area contributed by atoms with Crippen LogP contribution in [-0.4, -0.2) is 23.1 Å². The Morgan fingerprint density at radius 2 is 1.89 bits per heavy atom. The summed E-state index contributed by atoms with van der Waals surface area (Å²) in [5.74, 6) is 0.898. The van der Waals surface area contributed by atoms with E-state index < -0.39 is 0 Å². The van der Waals surface area contributed by atoms with Gasteiger partial charge in [-0.15, -0.1) is 0 Å². The summed E-state index contributed by atoms with van der Waals surface area (Å²) in [6, 6.07) is 2.00. The largest absolute Gasteiger partial charge is 0.355 e. The van der Waals surface area contributed by atoms with Gasteiger partial charge in [-0.25, -0.2) is 9.97 Å². The molecule has 0 aliphatic carbocycles. The molecule has 1 fully saturated rings. The second-order valence-corrected chi connectivity index (χ2v) is 5.07. The molecule has 0 radical (unpaired) electrons. The van der Waals surface area contributed by atoms with Crippen LogP contribution < -0.4 is 4.90 Å². The maximum Gasteiger partial charge on any atom is 0.158 e. The zero-order valence-electron chi connectivity index (χ0n) is 11.2. The Hall–Kier alpha value is -1.63. The Balaban J connectivity index is 2.03. The summed E-state index contributed by atoms with van der Waals surface area (Å²) >= 11 is 0. The number of aromatic nitrogens is 2. The average Bonchev–Trinajstić information content (AvgIpc) is 2.47. The van der Waals surface area contributed by atoms with Crippen LogP contribution in [-0.2, 0) is 0 Å². The first kappa shape index (κ1) is 12.8. The molecule has 18 heavy (non-hydrogen) atoms. The quantitative estimate of drug-likeness (QED) is 0.820. The van der Waals surface area contributed by atoms with Gasteiger partial charge in [0.2, 0.25) is 0 Å². The van der Waals surface area contributed by atoms with E-state index in [4.69, 9.17) is 5.26 Å². The molecule has 96 valence electrons. The van der Waals surface area contributed by atoms with Gasteiger partial charge in [0, 0.05) is 13.1 Å². The van der Waals surface area contributed by atoms with Crippen LogP contribution in [0.1, 0.15) is 45.2 Å². The number of hydrogen-bond donors (Lipinski definition) is 0. The second-order valence-electron chi connectivity index (χ2n) is 5.07. The highest BCUT2D eigenvalue weighted by Crippen LogP contribution is 2.38. The van der Waals surface area contributed by atoms with E-state index in [-0.39, 0.29) is 0 Å². The fourth-order valence-corrected chi connectivity index (χ4v) is 2.71. The van der Waals surface area contributed by atoms with Crippen molar-refractivity contribution in [1.82, 2.24) is 9.97 Å². The minimum atomic E-state index is 0.382. The van der Waals surface area contributed by atoms with E-state index in [1.807, 2.05) is 6.07 Å². The molecule has 4 nitrogen and oxygen atoms in total. The third kappa shape index (κ3) is 2.45. The summed E-state index contributed by atoms with van der Waals surface area (Å²) in [7, 11) is 0. The fourth-order valence-electron chi connectivity index (χ4n) is 2.71. The van der Waals surface area contributed by atoms with Crippen molar-refractivity contribution in [2.75, 3.05) is 18.0 Å². The standard InChI is InChI=1S/C14H20N4/c1-3-14(4-2)5-7-18(8-6-14)13-11-16-12(9-15)10-17-13/h10-11H,3-8H2,1-2H3. The van der Waals surface area contributed by atoms with Crippen molar-refractivity contribution in [3.63, 3.8) is 0 Å². The lowest BCUT2D eigenvalue weighted by molar-refractivity contribution is 0.199. The predicted molar refractivity (Wildman–Crippen MR) is 71.2 cm³/mol. The molecular weight excluding hydrogens is 224 g/mol. The normalized spacial score (nSPS) is 18.4. The maximum absolute atomic E-state index is 8.71. The lowest BCUT2D eigenvalue weighted by Crippen LogP contribution is -2.40. The number of hydrogen-bond acceptors (Lipinski definition) is 4. The summed E-state index contributed by atoms with van der Waals surface area (Å²) < 4.78 is 0. The van der Waals surface area contributed by atoms with Gasteiger partial charge < -0.3 is 4.90 Å². The van der Waals surface area contributed by atoms with Crippen LogP contribution in [0.5, 0.6) is 0 Å². The fraction of sp³-hybridized carbons (Fsp3) is 0.643. The third-order valence-corrected chi connectivity index (χ3v) is 4.40. The van der Waals surface area contributed by atoms with Gasteiger partial charge in [-0.2, -0.15) is 5.26 Å². The van der Waals surface area contributed by atoms with Crippen LogP contribution >= 0.6 is 0 Å². The molecule has 1 aromatic heterocycles. The van der Waals surface area contributed by atoms with E-state index >= 15 is 0 Å². The number of nitriles is 1. The smallest absolute Gasteiger partial charge is 0.158 e. The van der Waals surface area contributed by atoms with Crippen molar-refractivity contribution >= 4 is 5.82 Å². The Morgan fingerprint density at radius 1 is 1.22 bits per heavy atom. The van der Waals surface area contributed by atoms with Gasteiger partial charge in [-0.05, 0) is 18.3 Å². The van der Waals surface area contributed by atoms with Crippen LogP contribution in [0.15, 0.2) is 12.4 Å². The number of anilines is 1. The van der Waals surface area contributed by atoms with Crippen molar-refractivity contribution in [3.8, 4) is 6.07 Å². The van der Waals surface area contributed by atoms with Gasteiger partial charge in [0.1, 0.15) is 11.9 Å². The molecule has 0 aromatic carbocycles. The molecule has 1 aliphatic rings. The van der Waals surface area contributed by atoms with E-state index in [0.29, 0.717) is 11.1 Å². The van der Waals surface area contributed by atoms with Crippen LogP contribution in [0.2, 0.25) is 0 Å². The monoisotopic (exact) mass is 244 g/mol. The highest BCUT2D eigenvalue weighted by molar-refractivity contribution is 5.37. The third-order valence-electron chi connectivity index (χ3n) is 4.40. The minimum Gasteiger partial charge on any atom is -0.355 e. The summed E-state index contributed by atoms with van der Waals surface area (Å²) in [6.07, 6.45) is 8.23. The van der Waals surface area contributed by atoms with Gasteiger partial charge in [0.25, 0.3) is 0 Å². The van der Waals surface area contributed by atoms with E-state index in [2.05, 4.69) is 28.7 Å². The van der Waals surface area contributed by atoms with Crippen molar-refractivity contribution in [1.29, 1.82) is 5.26 Å². The molecule has 1 aromatic rings. The zero-order chi connectivity index (χ0) is 13.0. The second kappa shape index (κ2) is 5.34. The van der Waals surface area contributed by atoms with E-state index in [9.17, 15) is 0 Å². The highest BCUT2D eigenvalue weighted by Gasteiger charge is 2.31. The lowest BCUT2D eigenvalue weighted by atomic mass is 9.74. The predicted octanol–water partition coefficient (Wildman–Crippen LogP) is 2.75. The minimum absolute atomic E-state index is 0.382. The zero-order valence-corrected chi connectivity index (χ0v) is 11.2. The molecule has 0 saturated carbocycles. The Kier molecular flexibility index (Phi) is 3.81. The van der Waals surface area contributed by atoms with Gasteiger partial charge in [-0.1, -0.05) is 26.7 Å². The molecule has 4 heteroatoms. The van der Waals surface area contributed by atoms with Crippen molar-refractivity contribution in [2.45, 2.75) is 39.5 Å². The number of rotatable bonds is 3. The molecule has 1 aliphatic heterocycles. The molecule has 2 heterocycles. The van der Waals surface area contributed by atoms with Crippen LogP contribution in [0, 0.1) is 16.7 Å². The van der Waals surface area contributed by atoms with Crippen LogP contribution in [0.25, 0.3) is 0 Å². The topological polar surface area (TPSA) is 52.8 Å². The molecule has 0 atom stereocenters. The molecule has 0 spiro atoms. The highest BCUT2D eigenvalue weighted by atomic mass is 15.2. The molecular formula is C14H20N4. The van der Waals surface area contributed by atoms with E-state index in [1.54, 1.807) is 12.4 Å². The van der Waals surface area contributed by atoms with Gasteiger partial charge in [0.15, 0.2) is 5.69 Å². The van der Waals surface area contributed by atoms with Gasteiger partial charge in [-0.3, -0.25) is 0 Å². The first-order valence-electron chi connectivity index (χ1n) is 6.70. The summed E-state index contributed by atoms with van der Waals surface area (Å²) in [5, 5.41) is 8.71. The van der Waals surface area contributed by atoms with Crippen LogP contribution in [0.4, 0.5) is 5.82 Å². The maximum atomic E-state index is 8.71. The number of piperidine rings is 1. The molecule has 1 saturated heterocycles.